The first-order valence-electron chi connectivity index (χ1n) is 5.68. The van der Waals surface area contributed by atoms with Crippen LogP contribution in [0.5, 0.6) is 0 Å². The van der Waals surface area contributed by atoms with Crippen LogP contribution in [0.25, 0.3) is 0 Å². The molecule has 0 spiro atoms. The second kappa shape index (κ2) is 6.62. The molecule has 94 valence electrons. The van der Waals surface area contributed by atoms with Crippen LogP contribution in [0.4, 0.5) is 17.5 Å². The highest BCUT2D eigenvalue weighted by molar-refractivity contribution is 5.56. The molecule has 0 radical (unpaired) electrons. The van der Waals surface area contributed by atoms with Crippen molar-refractivity contribution in [3.63, 3.8) is 0 Å². The lowest BCUT2D eigenvalue weighted by Crippen LogP contribution is -2.10. The predicted molar refractivity (Wildman–Crippen MR) is 66.2 cm³/mol. The van der Waals surface area contributed by atoms with E-state index >= 15 is 0 Å². The maximum Gasteiger partial charge on any atom is 0.329 e. The van der Waals surface area contributed by atoms with E-state index in [4.69, 9.17) is 0 Å². The van der Waals surface area contributed by atoms with Crippen LogP contribution in [0.1, 0.15) is 26.7 Å². The van der Waals surface area contributed by atoms with Gasteiger partial charge >= 0.3 is 5.69 Å². The Morgan fingerprint density at radius 2 is 1.94 bits per heavy atom. The molecule has 17 heavy (non-hydrogen) atoms. The van der Waals surface area contributed by atoms with E-state index in [1.54, 1.807) is 0 Å². The lowest BCUT2D eigenvalue weighted by atomic mass is 10.4. The number of anilines is 2. The van der Waals surface area contributed by atoms with Crippen molar-refractivity contribution in [3.05, 3.63) is 16.3 Å². The zero-order chi connectivity index (χ0) is 12.7. The van der Waals surface area contributed by atoms with Crippen molar-refractivity contribution in [2.75, 3.05) is 23.7 Å². The molecular formula is C10H17N5O2. The van der Waals surface area contributed by atoms with Gasteiger partial charge in [0.2, 0.25) is 11.8 Å². The van der Waals surface area contributed by atoms with E-state index in [-0.39, 0.29) is 11.5 Å². The smallest absolute Gasteiger partial charge is 0.329 e. The highest BCUT2D eigenvalue weighted by Crippen LogP contribution is 2.21. The summed E-state index contributed by atoms with van der Waals surface area (Å²) in [4.78, 5) is 18.3. The third-order valence-electron chi connectivity index (χ3n) is 2.04. The van der Waals surface area contributed by atoms with Crippen molar-refractivity contribution in [1.29, 1.82) is 0 Å². The van der Waals surface area contributed by atoms with Crippen LogP contribution in [-0.2, 0) is 0 Å². The lowest BCUT2D eigenvalue weighted by molar-refractivity contribution is -0.384. The average Bonchev–Trinajstić information content (AvgIpc) is 2.33. The molecule has 0 fully saturated rings. The molecule has 0 aliphatic carbocycles. The summed E-state index contributed by atoms with van der Waals surface area (Å²) in [6.07, 6.45) is 3.04. The molecule has 1 aromatic rings. The van der Waals surface area contributed by atoms with Crippen LogP contribution in [0.15, 0.2) is 6.20 Å². The summed E-state index contributed by atoms with van der Waals surface area (Å²) in [7, 11) is 0. The lowest BCUT2D eigenvalue weighted by Gasteiger charge is -2.07. The molecule has 0 aliphatic rings. The van der Waals surface area contributed by atoms with E-state index in [0.717, 1.165) is 19.4 Å². The van der Waals surface area contributed by atoms with E-state index in [2.05, 4.69) is 20.6 Å². The summed E-state index contributed by atoms with van der Waals surface area (Å²) in [5, 5.41) is 16.7. The summed E-state index contributed by atoms with van der Waals surface area (Å²) < 4.78 is 0. The number of nitro groups is 1. The van der Waals surface area contributed by atoms with Crippen LogP contribution in [-0.4, -0.2) is 28.0 Å². The van der Waals surface area contributed by atoms with Gasteiger partial charge in [-0.15, -0.1) is 0 Å². The molecule has 0 unspecified atom stereocenters. The molecule has 1 rings (SSSR count). The fourth-order valence-corrected chi connectivity index (χ4v) is 1.20. The van der Waals surface area contributed by atoms with Crippen LogP contribution in [0.3, 0.4) is 0 Å². The molecule has 0 bridgehead atoms. The van der Waals surface area contributed by atoms with E-state index in [1.165, 1.54) is 6.20 Å². The van der Waals surface area contributed by atoms with Gasteiger partial charge in [0.15, 0.2) is 0 Å². The van der Waals surface area contributed by atoms with Gasteiger partial charge in [-0.25, -0.2) is 4.98 Å². The van der Waals surface area contributed by atoms with Crippen LogP contribution >= 0.6 is 0 Å². The number of aromatic nitrogens is 2. The monoisotopic (exact) mass is 239 g/mol. The second-order valence-corrected chi connectivity index (χ2v) is 3.54. The summed E-state index contributed by atoms with van der Waals surface area (Å²) >= 11 is 0. The number of nitrogens with one attached hydrogen (secondary N) is 2. The van der Waals surface area contributed by atoms with Gasteiger partial charge in [0.05, 0.1) is 4.92 Å². The van der Waals surface area contributed by atoms with Crippen LogP contribution < -0.4 is 10.6 Å². The third kappa shape index (κ3) is 3.86. The van der Waals surface area contributed by atoms with E-state index in [1.807, 2.05) is 13.8 Å². The largest absolute Gasteiger partial charge is 0.364 e. The third-order valence-corrected chi connectivity index (χ3v) is 2.04. The Kier molecular flexibility index (Phi) is 5.12. The maximum absolute atomic E-state index is 10.8. The van der Waals surface area contributed by atoms with Gasteiger partial charge in [-0.05, 0) is 12.8 Å². The summed E-state index contributed by atoms with van der Waals surface area (Å²) in [6.45, 7) is 5.39. The molecule has 0 atom stereocenters. The molecule has 0 aliphatic heterocycles. The van der Waals surface area contributed by atoms with Crippen molar-refractivity contribution >= 4 is 17.5 Å². The first kappa shape index (κ1) is 13.1. The quantitative estimate of drug-likeness (QED) is 0.558. The van der Waals surface area contributed by atoms with Crippen LogP contribution in [0.2, 0.25) is 0 Å². The molecule has 0 aromatic carbocycles. The topological polar surface area (TPSA) is 93.0 Å². The van der Waals surface area contributed by atoms with Gasteiger partial charge in [-0.1, -0.05) is 13.8 Å². The number of hydrogen-bond donors (Lipinski definition) is 2. The number of rotatable bonds is 7. The molecule has 7 nitrogen and oxygen atoms in total. The van der Waals surface area contributed by atoms with Crippen molar-refractivity contribution in [2.45, 2.75) is 26.7 Å². The Morgan fingerprint density at radius 1 is 1.29 bits per heavy atom. The van der Waals surface area contributed by atoms with Crippen LogP contribution in [0, 0.1) is 10.1 Å². The Morgan fingerprint density at radius 3 is 2.53 bits per heavy atom. The average molecular weight is 239 g/mol. The molecule has 1 heterocycles. The minimum absolute atomic E-state index is 0.0968. The molecule has 7 heteroatoms. The molecule has 0 saturated heterocycles. The Bertz CT molecular complexity index is 383. The summed E-state index contributed by atoms with van der Waals surface area (Å²) in [5.41, 5.74) is -0.0968. The van der Waals surface area contributed by atoms with E-state index < -0.39 is 4.92 Å². The van der Waals surface area contributed by atoms with E-state index in [0.29, 0.717) is 12.5 Å². The Labute approximate surface area is 99.8 Å². The van der Waals surface area contributed by atoms with Gasteiger partial charge in [0.25, 0.3) is 0 Å². The second-order valence-electron chi connectivity index (χ2n) is 3.54. The molecule has 2 N–H and O–H groups in total. The molecule has 0 saturated carbocycles. The fourth-order valence-electron chi connectivity index (χ4n) is 1.20. The summed E-state index contributed by atoms with van der Waals surface area (Å²) in [6, 6.07) is 0. The minimum atomic E-state index is -0.485. The van der Waals surface area contributed by atoms with Gasteiger partial charge in [-0.3, -0.25) is 10.1 Å². The number of nitrogens with zero attached hydrogens (tertiary/aromatic N) is 3. The Hall–Kier alpha value is -1.92. The normalized spacial score (nSPS) is 10.0. The molecule has 1 aromatic heterocycles. The van der Waals surface area contributed by atoms with Crippen molar-refractivity contribution in [1.82, 2.24) is 9.97 Å². The predicted octanol–water partition coefficient (Wildman–Crippen LogP) is 2.03. The first-order valence-corrected chi connectivity index (χ1v) is 5.68. The van der Waals surface area contributed by atoms with Crippen molar-refractivity contribution < 1.29 is 4.92 Å². The fraction of sp³-hybridized carbons (Fsp3) is 0.600. The summed E-state index contributed by atoms with van der Waals surface area (Å²) in [5.74, 6) is 0.682. The molecular weight excluding hydrogens is 222 g/mol. The van der Waals surface area contributed by atoms with Crippen molar-refractivity contribution in [3.8, 4) is 0 Å². The zero-order valence-corrected chi connectivity index (χ0v) is 10.1. The first-order chi connectivity index (χ1) is 8.19. The van der Waals surface area contributed by atoms with E-state index in [9.17, 15) is 10.1 Å². The van der Waals surface area contributed by atoms with Gasteiger partial charge in [0, 0.05) is 13.1 Å². The highest BCUT2D eigenvalue weighted by Gasteiger charge is 2.16. The van der Waals surface area contributed by atoms with Gasteiger partial charge in [-0.2, -0.15) is 4.98 Å². The zero-order valence-electron chi connectivity index (χ0n) is 10.1. The van der Waals surface area contributed by atoms with Gasteiger partial charge in [0.1, 0.15) is 6.20 Å². The number of hydrogen-bond acceptors (Lipinski definition) is 6. The Balaban J connectivity index is 2.88. The standard InChI is InChI=1S/C10H17N5O2/c1-3-5-11-9-8(15(16)17)7-13-10(14-9)12-6-4-2/h7H,3-6H2,1-2H3,(H2,11,12,13,14). The SMILES string of the molecule is CCCNc1ncc([N+](=O)[O-])c(NCCC)n1. The highest BCUT2D eigenvalue weighted by atomic mass is 16.6. The maximum atomic E-state index is 10.8. The molecule has 0 amide bonds. The van der Waals surface area contributed by atoms with Gasteiger partial charge < -0.3 is 10.6 Å². The minimum Gasteiger partial charge on any atom is -0.364 e. The van der Waals surface area contributed by atoms with Crippen molar-refractivity contribution in [2.24, 2.45) is 0 Å².